The maximum absolute atomic E-state index is 14.8. The second-order valence-corrected chi connectivity index (χ2v) is 21.7. The molecule has 2 aromatic carbocycles. The molecule has 8 aliphatic rings. The number of rotatable bonds is 2. The molecule has 334 valence electrons. The fourth-order valence-corrected chi connectivity index (χ4v) is 16.8. The SMILES string of the molecule is N#CC(C#N)=C1/C(=C/C2=Cc3sc4c(c3C23CCCCC3)C2(CCCCC2)c2c-4sc3c2C2(CCCCC2)C(/C=C2/C(=O)c4cc(F)c(F)cc4C2=C(C#N)C#N)=C3)C(=O)c2cc(F)c(F)cc21. The van der Waals surface area contributed by atoms with E-state index in [0.717, 1.165) is 141 Å². The average molecular weight is 939 g/mol. The van der Waals surface area contributed by atoms with Crippen molar-refractivity contribution in [2.24, 2.45) is 0 Å². The number of halogens is 4. The third kappa shape index (κ3) is 5.51. The van der Waals surface area contributed by atoms with Crippen molar-refractivity contribution in [1.29, 1.82) is 21.0 Å². The van der Waals surface area contributed by atoms with Gasteiger partial charge in [-0.15, -0.1) is 22.7 Å². The van der Waals surface area contributed by atoms with Crippen molar-refractivity contribution < 1.29 is 27.2 Å². The molecule has 8 aliphatic carbocycles. The van der Waals surface area contributed by atoms with Crippen LogP contribution in [0.15, 0.2) is 69.9 Å². The largest absolute Gasteiger partial charge is 0.289 e. The van der Waals surface area contributed by atoms with Gasteiger partial charge in [0.25, 0.3) is 0 Å². The molecule has 0 amide bonds. The smallest absolute Gasteiger partial charge is 0.194 e. The maximum Gasteiger partial charge on any atom is 0.194 e. The summed E-state index contributed by atoms with van der Waals surface area (Å²) in [6, 6.07) is 11.2. The summed E-state index contributed by atoms with van der Waals surface area (Å²) in [6.07, 6.45) is 22.2. The Hall–Kier alpha value is -6.70. The molecule has 6 nitrogen and oxygen atoms in total. The number of hydrogen-bond donors (Lipinski definition) is 0. The molecule has 68 heavy (non-hydrogen) atoms. The number of carbonyl (C=O) groups is 2. The summed E-state index contributed by atoms with van der Waals surface area (Å²) in [7, 11) is 0. The summed E-state index contributed by atoms with van der Waals surface area (Å²) in [4.78, 5) is 33.4. The quantitative estimate of drug-likeness (QED) is 0.112. The van der Waals surface area contributed by atoms with Crippen LogP contribution in [0.25, 0.3) is 33.1 Å². The molecule has 12 heteroatoms. The third-order valence-electron chi connectivity index (χ3n) is 16.5. The lowest BCUT2D eigenvalue weighted by molar-refractivity contribution is 0.103. The highest BCUT2D eigenvalue weighted by Crippen LogP contribution is 2.71. The van der Waals surface area contributed by atoms with Crippen molar-refractivity contribution in [1.82, 2.24) is 0 Å². The van der Waals surface area contributed by atoms with Crippen LogP contribution in [0.3, 0.4) is 0 Å². The molecule has 0 radical (unpaired) electrons. The van der Waals surface area contributed by atoms with E-state index >= 15 is 0 Å². The van der Waals surface area contributed by atoms with Crippen LogP contribution >= 0.6 is 22.7 Å². The molecular formula is C56H38F4N4O2S2. The van der Waals surface area contributed by atoms with Crippen molar-refractivity contribution >= 4 is 57.5 Å². The molecule has 2 aromatic heterocycles. The average Bonchev–Trinajstić information content (AvgIpc) is 4.18. The predicted octanol–water partition coefficient (Wildman–Crippen LogP) is 14.0. The number of ketones is 2. The lowest BCUT2D eigenvalue weighted by Gasteiger charge is -2.44. The van der Waals surface area contributed by atoms with Gasteiger partial charge in [0.2, 0.25) is 0 Å². The van der Waals surface area contributed by atoms with E-state index in [0.29, 0.717) is 0 Å². The van der Waals surface area contributed by atoms with Crippen LogP contribution in [0.5, 0.6) is 0 Å². The van der Waals surface area contributed by atoms with Crippen LogP contribution in [-0.4, -0.2) is 11.6 Å². The number of benzene rings is 2. The van der Waals surface area contributed by atoms with E-state index in [4.69, 9.17) is 0 Å². The normalized spacial score (nSPS) is 21.8. The molecule has 3 spiro atoms. The number of thiophene rings is 2. The summed E-state index contributed by atoms with van der Waals surface area (Å²) in [5.41, 5.74) is 5.33. The van der Waals surface area contributed by atoms with Gasteiger partial charge in [-0.05, 0) is 132 Å². The van der Waals surface area contributed by atoms with Crippen molar-refractivity contribution in [3.8, 4) is 34.0 Å². The Bertz CT molecular complexity index is 3220. The monoisotopic (exact) mass is 938 g/mol. The van der Waals surface area contributed by atoms with Gasteiger partial charge in [-0.1, -0.05) is 57.8 Å². The predicted molar refractivity (Wildman–Crippen MR) is 251 cm³/mol. The first-order valence-corrected chi connectivity index (χ1v) is 25.0. The first kappa shape index (κ1) is 42.6. The molecule has 0 aliphatic heterocycles. The fraction of sp³-hybridized carbons (Fsp3) is 0.321. The minimum atomic E-state index is -1.18. The number of nitriles is 4. The number of fused-ring (bicyclic) bond motifs is 13. The van der Waals surface area contributed by atoms with E-state index in [-0.39, 0.29) is 61.1 Å². The molecule has 4 aromatic rings. The zero-order valence-electron chi connectivity index (χ0n) is 36.7. The number of Topliss-reactive ketones (excluding diaryl/α,β-unsaturated/α-hetero) is 2. The van der Waals surface area contributed by atoms with Gasteiger partial charge in [0, 0.05) is 69.2 Å². The van der Waals surface area contributed by atoms with E-state index in [1.54, 1.807) is 34.8 Å². The number of carbonyl (C=O) groups excluding carboxylic acids is 2. The van der Waals surface area contributed by atoms with Crippen molar-refractivity contribution in [3.63, 3.8) is 0 Å². The van der Waals surface area contributed by atoms with Crippen molar-refractivity contribution in [2.75, 3.05) is 0 Å². The summed E-state index contributed by atoms with van der Waals surface area (Å²) < 4.78 is 59.0. The van der Waals surface area contributed by atoms with E-state index in [1.165, 1.54) is 32.0 Å². The highest BCUT2D eigenvalue weighted by molar-refractivity contribution is 7.23. The third-order valence-corrected chi connectivity index (χ3v) is 19.0. The Kier molecular flexibility index (Phi) is 9.50. The number of allylic oxidation sites excluding steroid dienone is 10. The maximum atomic E-state index is 14.8. The number of nitrogens with zero attached hydrogens (tertiary/aromatic N) is 4. The summed E-state index contributed by atoms with van der Waals surface area (Å²) >= 11 is 3.56. The van der Waals surface area contributed by atoms with Crippen molar-refractivity contribution in [2.45, 2.75) is 113 Å². The molecule has 3 saturated carbocycles. The first-order valence-electron chi connectivity index (χ1n) is 23.4. The minimum absolute atomic E-state index is 0.0281. The standard InChI is InChI=1S/C56H38F4N4O2S2/c57-38-20-32-34(22-40(38)59)50(65)36(44(32)28(24-61)25-62)16-30-18-42-46(54(30)10-4-1-5-11-54)48-52(67-42)53-49(56(48)14-8-3-9-15-56)47-43(68-53)19-31(55(47)12-6-2-7-13-55)17-37-45(29(26-63)27-64)33-21-39(58)41(60)23-35(33)51(37)66/h16-23H,1-15H2/b36-16-,37-17+. The Labute approximate surface area is 397 Å². The highest BCUT2D eigenvalue weighted by atomic mass is 32.1. The summed E-state index contributed by atoms with van der Waals surface area (Å²) in [5.74, 6) is -5.80. The molecular weight excluding hydrogens is 901 g/mol. The fourth-order valence-electron chi connectivity index (χ4n) is 13.7. The van der Waals surface area contributed by atoms with Crippen LogP contribution in [0, 0.1) is 68.6 Å². The molecule has 0 atom stereocenters. The van der Waals surface area contributed by atoms with Gasteiger partial charge in [-0.3, -0.25) is 9.59 Å². The van der Waals surface area contributed by atoms with E-state index in [2.05, 4.69) is 12.2 Å². The van der Waals surface area contributed by atoms with Gasteiger partial charge in [0.15, 0.2) is 34.8 Å². The highest BCUT2D eigenvalue weighted by Gasteiger charge is 2.58. The van der Waals surface area contributed by atoms with E-state index in [9.17, 15) is 48.2 Å². The van der Waals surface area contributed by atoms with Gasteiger partial charge in [-0.2, -0.15) is 21.0 Å². The van der Waals surface area contributed by atoms with Crippen LogP contribution in [-0.2, 0) is 16.2 Å². The van der Waals surface area contributed by atoms with Gasteiger partial charge in [-0.25, -0.2) is 17.6 Å². The number of hydrogen-bond acceptors (Lipinski definition) is 8. The zero-order valence-corrected chi connectivity index (χ0v) is 38.3. The Morgan fingerprint density at radius 1 is 0.471 bits per heavy atom. The molecule has 12 rings (SSSR count). The molecule has 0 unspecified atom stereocenters. The van der Waals surface area contributed by atoms with Crippen LogP contribution in [0.1, 0.15) is 160 Å². The van der Waals surface area contributed by atoms with E-state index < -0.39 is 45.7 Å². The Morgan fingerprint density at radius 2 is 0.794 bits per heavy atom. The lowest BCUT2D eigenvalue weighted by Crippen LogP contribution is -2.37. The van der Waals surface area contributed by atoms with Crippen molar-refractivity contribution in [3.05, 3.63) is 147 Å². The molecule has 0 saturated heterocycles. The molecule has 2 heterocycles. The van der Waals surface area contributed by atoms with Gasteiger partial charge in [0.1, 0.15) is 35.4 Å². The first-order chi connectivity index (χ1) is 32.9. The Balaban J connectivity index is 1.04. The molecule has 0 bridgehead atoms. The summed E-state index contributed by atoms with van der Waals surface area (Å²) in [6.45, 7) is 0. The minimum Gasteiger partial charge on any atom is -0.289 e. The topological polar surface area (TPSA) is 129 Å². The molecule has 3 fully saturated rings. The lowest BCUT2D eigenvalue weighted by atomic mass is 9.58. The van der Waals surface area contributed by atoms with Gasteiger partial charge < -0.3 is 0 Å². The summed E-state index contributed by atoms with van der Waals surface area (Å²) in [5, 5.41) is 40.4. The zero-order chi connectivity index (χ0) is 47.0. The van der Waals surface area contributed by atoms with E-state index in [1.807, 2.05) is 24.3 Å². The second kappa shape index (κ2) is 15.2. The van der Waals surface area contributed by atoms with Crippen LogP contribution in [0.4, 0.5) is 17.6 Å². The van der Waals surface area contributed by atoms with Crippen LogP contribution < -0.4 is 0 Å². The van der Waals surface area contributed by atoms with Crippen LogP contribution in [0.2, 0.25) is 0 Å². The Morgan fingerprint density at radius 3 is 1.13 bits per heavy atom. The van der Waals surface area contributed by atoms with Gasteiger partial charge >= 0.3 is 0 Å². The van der Waals surface area contributed by atoms with Gasteiger partial charge in [0.05, 0.1) is 0 Å². The molecule has 0 N–H and O–H groups in total. The second-order valence-electron chi connectivity index (χ2n) is 19.6.